The average Bonchev–Trinajstić information content (AvgIpc) is 2.21. The van der Waals surface area contributed by atoms with Crippen LogP contribution in [0.5, 0.6) is 0 Å². The molecule has 0 bridgehead atoms. The molecule has 0 fully saturated rings. The Bertz CT molecular complexity index is 426. The number of nitrogens with one attached hydrogen (secondary N) is 1. The summed E-state index contributed by atoms with van der Waals surface area (Å²) in [6, 6.07) is 2.19. The highest BCUT2D eigenvalue weighted by molar-refractivity contribution is 7.80. The van der Waals surface area contributed by atoms with E-state index in [2.05, 4.69) is 17.5 Å². The van der Waals surface area contributed by atoms with Gasteiger partial charge in [0.05, 0.1) is 0 Å². The number of thiocarbonyl (C=S) groups is 1. The predicted octanol–water partition coefficient (Wildman–Crippen LogP) is 1.96. The molecule has 0 saturated heterocycles. The van der Waals surface area contributed by atoms with E-state index in [0.29, 0.717) is 6.54 Å². The topological polar surface area (TPSA) is 41.3 Å². The maximum absolute atomic E-state index is 13.7. The summed E-state index contributed by atoms with van der Waals surface area (Å²) in [6.07, 6.45) is 0. The fourth-order valence-electron chi connectivity index (χ4n) is 1.69. The smallest absolute Gasteiger partial charge is 0.150 e. The van der Waals surface area contributed by atoms with Gasteiger partial charge in [0.25, 0.3) is 0 Å². The number of rotatable bonds is 5. The minimum Gasteiger partial charge on any atom is -0.389 e. The van der Waals surface area contributed by atoms with Crippen molar-refractivity contribution in [2.75, 3.05) is 26.0 Å². The molecule has 6 heteroatoms. The van der Waals surface area contributed by atoms with E-state index >= 15 is 0 Å². The quantitative estimate of drug-likeness (QED) is 0.805. The fourth-order valence-corrected chi connectivity index (χ4v) is 1.81. The molecule has 0 aliphatic heterocycles. The molecule has 0 aliphatic carbocycles. The lowest BCUT2D eigenvalue weighted by Crippen LogP contribution is -2.30. The first-order valence-corrected chi connectivity index (χ1v) is 5.92. The fraction of sp³-hybridized carbons (Fsp3) is 0.417. The molecule has 0 saturated carbocycles. The molecule has 0 radical (unpaired) electrons. The molecule has 1 rings (SSSR count). The van der Waals surface area contributed by atoms with Gasteiger partial charge in [0.1, 0.15) is 22.3 Å². The Balaban J connectivity index is 2.93. The van der Waals surface area contributed by atoms with Crippen LogP contribution >= 0.6 is 12.2 Å². The van der Waals surface area contributed by atoms with Crippen LogP contribution in [0.4, 0.5) is 14.5 Å². The molecule has 0 amide bonds. The Morgan fingerprint density at radius 2 is 1.89 bits per heavy atom. The van der Waals surface area contributed by atoms with Gasteiger partial charge in [-0.3, -0.25) is 0 Å². The number of anilines is 1. The van der Waals surface area contributed by atoms with Crippen molar-refractivity contribution in [1.82, 2.24) is 4.90 Å². The molecule has 1 aromatic carbocycles. The highest BCUT2D eigenvalue weighted by Crippen LogP contribution is 2.21. The number of likely N-dealkylation sites (N-methyl/N-ethyl adjacent to an activating group) is 1. The van der Waals surface area contributed by atoms with Crippen LogP contribution in [0.3, 0.4) is 0 Å². The molecule has 18 heavy (non-hydrogen) atoms. The van der Waals surface area contributed by atoms with Crippen molar-refractivity contribution in [1.29, 1.82) is 0 Å². The van der Waals surface area contributed by atoms with Gasteiger partial charge in [0.15, 0.2) is 0 Å². The van der Waals surface area contributed by atoms with Crippen LogP contribution in [-0.2, 0) is 0 Å². The molecular formula is C12H17F2N3S. The average molecular weight is 273 g/mol. The second-order valence-corrected chi connectivity index (χ2v) is 4.93. The first-order chi connectivity index (χ1) is 8.31. The molecule has 0 spiro atoms. The van der Waals surface area contributed by atoms with Gasteiger partial charge in [-0.15, -0.1) is 0 Å². The van der Waals surface area contributed by atoms with Crippen LogP contribution in [0.25, 0.3) is 0 Å². The predicted molar refractivity (Wildman–Crippen MR) is 73.9 cm³/mol. The Morgan fingerprint density at radius 1 is 1.39 bits per heavy atom. The number of nitrogens with two attached hydrogens (primary N) is 1. The summed E-state index contributed by atoms with van der Waals surface area (Å²) in [4.78, 5) is 1.90. The van der Waals surface area contributed by atoms with Crippen LogP contribution < -0.4 is 11.1 Å². The number of hydrogen-bond acceptors (Lipinski definition) is 3. The van der Waals surface area contributed by atoms with Crippen LogP contribution in [0, 0.1) is 11.6 Å². The Kier molecular flexibility index (Phi) is 4.98. The largest absolute Gasteiger partial charge is 0.389 e. The van der Waals surface area contributed by atoms with Crippen molar-refractivity contribution < 1.29 is 8.78 Å². The highest BCUT2D eigenvalue weighted by Gasteiger charge is 2.14. The summed E-state index contributed by atoms with van der Waals surface area (Å²) in [7, 11) is 3.78. The van der Waals surface area contributed by atoms with Gasteiger partial charge < -0.3 is 16.0 Å². The Labute approximate surface area is 111 Å². The van der Waals surface area contributed by atoms with E-state index < -0.39 is 11.6 Å². The molecule has 1 atom stereocenters. The molecule has 1 aromatic rings. The molecule has 1 unspecified atom stereocenters. The molecule has 3 N–H and O–H groups in total. The van der Waals surface area contributed by atoms with Crippen LogP contribution in [0.15, 0.2) is 12.1 Å². The van der Waals surface area contributed by atoms with Gasteiger partial charge in [0.2, 0.25) is 0 Å². The summed E-state index contributed by atoms with van der Waals surface area (Å²) in [5.41, 5.74) is 5.38. The SMILES string of the molecule is CC(CN(C)C)Nc1c(F)cc(C(N)=S)cc1F. The van der Waals surface area contributed by atoms with Gasteiger partial charge in [0, 0.05) is 18.2 Å². The summed E-state index contributed by atoms with van der Waals surface area (Å²) >= 11 is 4.69. The lowest BCUT2D eigenvalue weighted by atomic mass is 10.1. The Hall–Kier alpha value is -1.27. The van der Waals surface area contributed by atoms with E-state index in [0.717, 1.165) is 12.1 Å². The third-order valence-electron chi connectivity index (χ3n) is 2.36. The van der Waals surface area contributed by atoms with Gasteiger partial charge in [-0.2, -0.15) is 0 Å². The third-order valence-corrected chi connectivity index (χ3v) is 2.59. The second kappa shape index (κ2) is 6.06. The van der Waals surface area contributed by atoms with E-state index in [1.807, 2.05) is 25.9 Å². The van der Waals surface area contributed by atoms with E-state index in [4.69, 9.17) is 5.73 Å². The first-order valence-electron chi connectivity index (χ1n) is 5.51. The molecular weight excluding hydrogens is 256 g/mol. The zero-order valence-electron chi connectivity index (χ0n) is 10.6. The van der Waals surface area contributed by atoms with Crippen molar-refractivity contribution in [2.24, 2.45) is 5.73 Å². The second-order valence-electron chi connectivity index (χ2n) is 4.49. The van der Waals surface area contributed by atoms with Crippen molar-refractivity contribution >= 4 is 22.9 Å². The van der Waals surface area contributed by atoms with E-state index in [1.165, 1.54) is 0 Å². The summed E-state index contributed by atoms with van der Waals surface area (Å²) in [5, 5.41) is 2.80. The van der Waals surface area contributed by atoms with Crippen LogP contribution in [-0.4, -0.2) is 36.6 Å². The highest BCUT2D eigenvalue weighted by atomic mass is 32.1. The normalized spacial score (nSPS) is 12.6. The number of halogens is 2. The monoisotopic (exact) mass is 273 g/mol. The van der Waals surface area contributed by atoms with Crippen molar-refractivity contribution in [2.45, 2.75) is 13.0 Å². The van der Waals surface area contributed by atoms with E-state index in [9.17, 15) is 8.78 Å². The third kappa shape index (κ3) is 3.89. The van der Waals surface area contributed by atoms with Gasteiger partial charge in [-0.25, -0.2) is 8.78 Å². The molecule has 0 heterocycles. The molecule has 100 valence electrons. The zero-order chi connectivity index (χ0) is 13.9. The van der Waals surface area contributed by atoms with Gasteiger partial charge >= 0.3 is 0 Å². The standard InChI is InChI=1S/C12H17F2N3S/c1-7(6-17(2)3)16-11-9(13)4-8(12(15)18)5-10(11)14/h4-5,7,16H,6H2,1-3H3,(H2,15,18). The lowest BCUT2D eigenvalue weighted by Gasteiger charge is -2.20. The zero-order valence-corrected chi connectivity index (χ0v) is 11.4. The molecule has 0 aromatic heterocycles. The maximum atomic E-state index is 13.7. The van der Waals surface area contributed by atoms with Crippen molar-refractivity contribution in [3.8, 4) is 0 Å². The first kappa shape index (κ1) is 14.8. The van der Waals surface area contributed by atoms with Crippen molar-refractivity contribution in [3.05, 3.63) is 29.3 Å². The number of hydrogen-bond donors (Lipinski definition) is 2. The molecule has 3 nitrogen and oxygen atoms in total. The maximum Gasteiger partial charge on any atom is 0.150 e. The lowest BCUT2D eigenvalue weighted by molar-refractivity contribution is 0.391. The van der Waals surface area contributed by atoms with Crippen LogP contribution in [0.2, 0.25) is 0 Å². The minimum absolute atomic E-state index is 0.0271. The van der Waals surface area contributed by atoms with Gasteiger partial charge in [-0.05, 0) is 33.2 Å². The van der Waals surface area contributed by atoms with E-state index in [1.54, 1.807) is 0 Å². The minimum atomic E-state index is -0.691. The van der Waals surface area contributed by atoms with Gasteiger partial charge in [-0.1, -0.05) is 12.2 Å². The number of benzene rings is 1. The number of nitrogens with zero attached hydrogens (tertiary/aromatic N) is 1. The van der Waals surface area contributed by atoms with Crippen LogP contribution in [0.1, 0.15) is 12.5 Å². The summed E-state index contributed by atoms with van der Waals surface area (Å²) < 4.78 is 27.5. The summed E-state index contributed by atoms with van der Waals surface area (Å²) in [6.45, 7) is 2.51. The van der Waals surface area contributed by atoms with E-state index in [-0.39, 0.29) is 22.3 Å². The molecule has 0 aliphatic rings. The Morgan fingerprint density at radius 3 is 2.28 bits per heavy atom. The van der Waals surface area contributed by atoms with Crippen molar-refractivity contribution in [3.63, 3.8) is 0 Å². The summed E-state index contributed by atoms with van der Waals surface area (Å²) in [5.74, 6) is -1.38.